The van der Waals surface area contributed by atoms with Crippen molar-refractivity contribution in [3.63, 3.8) is 0 Å². The van der Waals surface area contributed by atoms with Crippen LogP contribution >= 0.6 is 12.2 Å². The first-order valence-corrected chi connectivity index (χ1v) is 7.30. The van der Waals surface area contributed by atoms with Gasteiger partial charge in [0.25, 0.3) is 0 Å². The van der Waals surface area contributed by atoms with Crippen LogP contribution in [0.2, 0.25) is 0 Å². The van der Waals surface area contributed by atoms with E-state index in [4.69, 9.17) is 12.2 Å². The molecule has 21 heavy (non-hydrogen) atoms. The zero-order chi connectivity index (χ0) is 15.0. The Labute approximate surface area is 128 Å². The van der Waals surface area contributed by atoms with Gasteiger partial charge in [-0.05, 0) is 50.7 Å². The zero-order valence-corrected chi connectivity index (χ0v) is 13.1. The first-order chi connectivity index (χ1) is 10.1. The Bertz CT molecular complexity index is 840. The molecule has 0 fully saturated rings. The summed E-state index contributed by atoms with van der Waals surface area (Å²) in [5, 5.41) is 11.7. The van der Waals surface area contributed by atoms with E-state index in [1.165, 1.54) is 5.56 Å². The van der Waals surface area contributed by atoms with Gasteiger partial charge < -0.3 is 4.57 Å². The lowest BCUT2D eigenvalue weighted by Crippen LogP contribution is -2.01. The van der Waals surface area contributed by atoms with Crippen LogP contribution in [0.4, 0.5) is 0 Å². The molecule has 0 aliphatic rings. The summed E-state index contributed by atoms with van der Waals surface area (Å²) < 4.78 is 4.54. The molecule has 108 valence electrons. The zero-order valence-electron chi connectivity index (χ0n) is 12.3. The lowest BCUT2D eigenvalue weighted by Gasteiger charge is -2.07. The number of nitrogens with one attached hydrogen (secondary N) is 1. The molecule has 0 aliphatic carbocycles. The number of aryl methyl sites for hydroxylation is 1. The van der Waals surface area contributed by atoms with E-state index < -0.39 is 0 Å². The normalized spacial score (nSPS) is 11.0. The number of rotatable bonds is 3. The molecule has 2 heterocycles. The maximum Gasteiger partial charge on any atom is 0.195 e. The van der Waals surface area contributed by atoms with E-state index >= 15 is 0 Å². The Kier molecular flexibility index (Phi) is 3.47. The van der Waals surface area contributed by atoms with Crippen molar-refractivity contribution in [3.8, 4) is 17.1 Å². The highest BCUT2D eigenvalue weighted by Crippen LogP contribution is 2.23. The highest BCUT2D eigenvalue weighted by atomic mass is 32.1. The molecule has 1 aromatic carbocycles. The van der Waals surface area contributed by atoms with Crippen LogP contribution in [0.25, 0.3) is 17.1 Å². The summed E-state index contributed by atoms with van der Waals surface area (Å²) in [4.78, 5) is 0. The van der Waals surface area contributed by atoms with Crippen molar-refractivity contribution in [1.29, 1.82) is 0 Å². The van der Waals surface area contributed by atoms with Crippen LogP contribution in [-0.4, -0.2) is 24.5 Å². The van der Waals surface area contributed by atoms with Crippen molar-refractivity contribution in [2.75, 3.05) is 0 Å². The number of hydrogen-bond acceptors (Lipinski definition) is 3. The summed E-state index contributed by atoms with van der Waals surface area (Å²) in [6.45, 7) is 6.95. The fraction of sp³-hybridized carbons (Fsp3) is 0.267. The summed E-state index contributed by atoms with van der Waals surface area (Å²) in [6.07, 6.45) is 1.84. The van der Waals surface area contributed by atoms with E-state index in [0.717, 1.165) is 29.3 Å². The van der Waals surface area contributed by atoms with E-state index in [1.807, 2.05) is 34.5 Å². The second-order valence-corrected chi connectivity index (χ2v) is 5.38. The highest BCUT2D eigenvalue weighted by molar-refractivity contribution is 7.71. The van der Waals surface area contributed by atoms with Crippen molar-refractivity contribution in [1.82, 2.24) is 24.5 Å². The van der Waals surface area contributed by atoms with Gasteiger partial charge in [-0.3, -0.25) is 5.10 Å². The summed E-state index contributed by atoms with van der Waals surface area (Å²) in [5.74, 6) is 0.832. The van der Waals surface area contributed by atoms with Crippen LogP contribution in [0.15, 0.2) is 30.5 Å². The molecule has 3 aromatic rings. The SMILES string of the molecule is CCn1c(-c2cnn(-c3cccc(C)c3)c2C)n[nH]c1=S. The lowest BCUT2D eigenvalue weighted by atomic mass is 10.2. The Morgan fingerprint density at radius 1 is 1.29 bits per heavy atom. The van der Waals surface area contributed by atoms with E-state index in [9.17, 15) is 0 Å². The molecule has 1 N–H and O–H groups in total. The Morgan fingerprint density at radius 3 is 2.81 bits per heavy atom. The van der Waals surface area contributed by atoms with Gasteiger partial charge in [0, 0.05) is 6.54 Å². The van der Waals surface area contributed by atoms with Gasteiger partial charge in [0.2, 0.25) is 0 Å². The van der Waals surface area contributed by atoms with Crippen molar-refractivity contribution in [2.24, 2.45) is 0 Å². The van der Waals surface area contributed by atoms with E-state index in [0.29, 0.717) is 4.77 Å². The Morgan fingerprint density at radius 2 is 2.10 bits per heavy atom. The van der Waals surface area contributed by atoms with Crippen LogP contribution < -0.4 is 0 Å². The molecule has 6 heteroatoms. The first-order valence-electron chi connectivity index (χ1n) is 6.89. The Hall–Kier alpha value is -2.21. The second kappa shape index (κ2) is 5.29. The van der Waals surface area contributed by atoms with Gasteiger partial charge in [0.1, 0.15) is 0 Å². The molecule has 3 rings (SSSR count). The fourth-order valence-electron chi connectivity index (χ4n) is 2.47. The molecular weight excluding hydrogens is 282 g/mol. The maximum atomic E-state index is 5.25. The van der Waals surface area contributed by atoms with Crippen molar-refractivity contribution < 1.29 is 0 Å². The second-order valence-electron chi connectivity index (χ2n) is 4.99. The third-order valence-electron chi connectivity index (χ3n) is 3.57. The van der Waals surface area contributed by atoms with Crippen LogP contribution in [0.1, 0.15) is 18.2 Å². The molecule has 0 atom stereocenters. The predicted octanol–water partition coefficient (Wildman–Crippen LogP) is 3.43. The monoisotopic (exact) mass is 299 g/mol. The molecule has 0 spiro atoms. The van der Waals surface area contributed by atoms with Crippen molar-refractivity contribution >= 4 is 12.2 Å². The van der Waals surface area contributed by atoms with Crippen molar-refractivity contribution in [3.05, 3.63) is 46.5 Å². The number of H-pyrrole nitrogens is 1. The van der Waals surface area contributed by atoms with E-state index in [1.54, 1.807) is 0 Å². The molecule has 0 saturated heterocycles. The minimum Gasteiger partial charge on any atom is -0.300 e. The van der Waals surface area contributed by atoms with Gasteiger partial charge in [-0.15, -0.1) is 0 Å². The molecule has 0 unspecified atom stereocenters. The number of aromatic nitrogens is 5. The molecule has 5 nitrogen and oxygen atoms in total. The number of nitrogens with zero attached hydrogens (tertiary/aromatic N) is 4. The summed E-state index contributed by atoms with van der Waals surface area (Å²) in [5.41, 5.74) is 4.30. The van der Waals surface area contributed by atoms with Crippen molar-refractivity contribution in [2.45, 2.75) is 27.3 Å². The van der Waals surface area contributed by atoms with Crippen LogP contribution in [0.3, 0.4) is 0 Å². The van der Waals surface area contributed by atoms with E-state index in [2.05, 4.69) is 41.3 Å². The average molecular weight is 299 g/mol. The maximum absolute atomic E-state index is 5.25. The third-order valence-corrected chi connectivity index (χ3v) is 3.88. The van der Waals surface area contributed by atoms with Gasteiger partial charge in [-0.2, -0.15) is 10.2 Å². The fourth-order valence-corrected chi connectivity index (χ4v) is 2.73. The minimum atomic E-state index is 0.634. The van der Waals surface area contributed by atoms with Crippen LogP contribution in [0.5, 0.6) is 0 Å². The predicted molar refractivity (Wildman–Crippen MR) is 85.1 cm³/mol. The smallest absolute Gasteiger partial charge is 0.195 e. The largest absolute Gasteiger partial charge is 0.300 e. The minimum absolute atomic E-state index is 0.634. The molecule has 0 amide bonds. The lowest BCUT2D eigenvalue weighted by molar-refractivity contribution is 0.755. The topological polar surface area (TPSA) is 51.4 Å². The summed E-state index contributed by atoms with van der Waals surface area (Å²) >= 11 is 5.25. The standard InChI is InChI=1S/C15H17N5S/c1-4-19-14(17-18-15(19)21)13-9-16-20(11(13)3)12-7-5-6-10(2)8-12/h5-9H,4H2,1-3H3,(H,18,21). The van der Waals surface area contributed by atoms with Gasteiger partial charge in [-0.1, -0.05) is 12.1 Å². The summed E-state index contributed by atoms with van der Waals surface area (Å²) in [6, 6.07) is 8.27. The average Bonchev–Trinajstić information content (AvgIpc) is 3.01. The molecule has 0 aliphatic heterocycles. The van der Waals surface area contributed by atoms with E-state index in [-0.39, 0.29) is 0 Å². The number of benzene rings is 1. The quantitative estimate of drug-likeness (QED) is 0.754. The molecular formula is C15H17N5S. The molecule has 0 bridgehead atoms. The van der Waals surface area contributed by atoms with Gasteiger partial charge in [-0.25, -0.2) is 4.68 Å². The number of hydrogen-bond donors (Lipinski definition) is 1. The molecule has 0 radical (unpaired) electrons. The van der Waals surface area contributed by atoms with Gasteiger partial charge in [0.15, 0.2) is 10.6 Å². The molecule has 0 saturated carbocycles. The third kappa shape index (κ3) is 2.31. The summed E-state index contributed by atoms with van der Waals surface area (Å²) in [7, 11) is 0. The van der Waals surface area contributed by atoms with Crippen LogP contribution in [0, 0.1) is 18.6 Å². The highest BCUT2D eigenvalue weighted by Gasteiger charge is 2.15. The van der Waals surface area contributed by atoms with Gasteiger partial charge >= 0.3 is 0 Å². The van der Waals surface area contributed by atoms with Gasteiger partial charge in [0.05, 0.1) is 23.1 Å². The molecule has 2 aromatic heterocycles. The van der Waals surface area contributed by atoms with Crippen LogP contribution in [-0.2, 0) is 6.54 Å². The first kappa shape index (κ1) is 13.8. The number of aromatic amines is 1. The Balaban J connectivity index is 2.13.